The second-order valence-electron chi connectivity index (χ2n) is 13.2. The number of aliphatic carboxylic acids is 2. The predicted molar refractivity (Wildman–Crippen MR) is 237 cm³/mol. The smallest absolute Gasteiger partial charge is 0.488 e. The van der Waals surface area contributed by atoms with Crippen LogP contribution in [0, 0.1) is 0 Å². The first-order valence-corrected chi connectivity index (χ1v) is 20.5. The first-order chi connectivity index (χ1) is 27.6. The number of carboxylic acids is 2. The molecule has 4 aromatic rings. The third-order valence-corrected chi connectivity index (χ3v) is 8.47. The van der Waals surface area contributed by atoms with Crippen molar-refractivity contribution in [1.29, 1.82) is 0 Å². The summed E-state index contributed by atoms with van der Waals surface area (Å²) in [4.78, 5) is 40.0. The van der Waals surface area contributed by atoms with Crippen molar-refractivity contribution < 1.29 is 69.3 Å². The second kappa shape index (κ2) is 35.8. The van der Waals surface area contributed by atoms with Gasteiger partial charge in [-0.2, -0.15) is 0 Å². The topological polar surface area (TPSA) is 168 Å². The maximum Gasteiger partial charge on any atom is 0.488 e. The molecule has 0 fully saturated rings. The Morgan fingerprint density at radius 3 is 1.14 bits per heavy atom. The maximum atomic E-state index is 11.3. The van der Waals surface area contributed by atoms with Crippen LogP contribution < -0.4 is 14.9 Å². The van der Waals surface area contributed by atoms with Crippen LogP contribution in [-0.4, -0.2) is 64.1 Å². The number of hydrogen-bond acceptors (Lipinski definition) is 8. The minimum atomic E-state index is -1.40. The molecule has 0 amide bonds. The van der Waals surface area contributed by atoms with Crippen LogP contribution in [0.2, 0.25) is 0 Å². The van der Waals surface area contributed by atoms with E-state index in [4.69, 9.17) is 39.3 Å². The van der Waals surface area contributed by atoms with E-state index in [0.29, 0.717) is 5.46 Å². The molecule has 4 aromatic carbocycles. The molecule has 0 spiro atoms. The first-order valence-electron chi connectivity index (χ1n) is 19.7. The van der Waals surface area contributed by atoms with Gasteiger partial charge in [0.25, 0.3) is 11.9 Å². The van der Waals surface area contributed by atoms with Gasteiger partial charge in [-0.05, 0) is 79.7 Å². The molecule has 4 rings (SSSR count). The van der Waals surface area contributed by atoms with Crippen molar-refractivity contribution in [1.82, 2.24) is 0 Å². The molecular formula is C46H62BBrO10Pd. The normalized spacial score (nSPS) is 9.51. The number of unbranched alkanes of at least 4 members (excludes halogenated alkanes) is 8. The number of carbonyl (C=O) groups excluding carboxylic acids is 2. The summed E-state index contributed by atoms with van der Waals surface area (Å²) in [5.74, 6) is 0.237. The number of hydrogen-bond donors (Lipinski definition) is 4. The Balaban J connectivity index is 0. The van der Waals surface area contributed by atoms with E-state index in [1.54, 1.807) is 50.2 Å². The molecule has 59 heavy (non-hydrogen) atoms. The van der Waals surface area contributed by atoms with Gasteiger partial charge in [-0.3, -0.25) is 19.2 Å². The number of Topliss-reactive ketones (excluding diaryl/α,β-unsaturated/α-hetero) is 2. The standard InChI is InChI=1S/C21H26O2.C13H21BO3.C8H7BrO.2C2H4O2.Pd/c1-3-4-5-6-7-16-23-21-14-12-20(13-15-21)19-10-8-18(9-11-19)17(2)22;1-2-3-4-5-6-11-17-13-9-7-12(8-10-13)14(15)16;1-6(10)7-2-4-8(9)5-3-7;2*1-2(3)4;/h8-15H,3-7,16H2,1-2H3;7-10,15-16H,2-6,11H2,1H3;2-5H,1H3;2*1H3,(H,3,4);. The fourth-order valence-corrected chi connectivity index (χ4v) is 5.12. The molecular weight excluding hydrogens is 910 g/mol. The zero-order valence-corrected chi connectivity index (χ0v) is 38.4. The van der Waals surface area contributed by atoms with Crippen LogP contribution in [0.5, 0.6) is 11.5 Å². The fourth-order valence-electron chi connectivity index (χ4n) is 4.85. The summed E-state index contributed by atoms with van der Waals surface area (Å²) >= 11 is 3.28. The molecule has 0 saturated carbocycles. The third kappa shape index (κ3) is 31.5. The molecule has 0 saturated heterocycles. The first kappa shape index (κ1) is 57.0. The Morgan fingerprint density at radius 2 is 0.814 bits per heavy atom. The Morgan fingerprint density at radius 1 is 0.508 bits per heavy atom. The van der Waals surface area contributed by atoms with Crippen LogP contribution in [-0.2, 0) is 30.0 Å². The number of carboxylic acid groups (broad SMARTS) is 2. The third-order valence-electron chi connectivity index (χ3n) is 7.94. The van der Waals surface area contributed by atoms with Gasteiger partial charge in [0, 0.05) is 49.9 Å². The van der Waals surface area contributed by atoms with Gasteiger partial charge in [-0.1, -0.05) is 142 Å². The van der Waals surface area contributed by atoms with E-state index in [9.17, 15) is 9.59 Å². The van der Waals surface area contributed by atoms with Gasteiger partial charge < -0.3 is 29.7 Å². The van der Waals surface area contributed by atoms with Crippen molar-refractivity contribution in [2.75, 3.05) is 13.2 Å². The van der Waals surface area contributed by atoms with Crippen LogP contribution in [0.3, 0.4) is 0 Å². The van der Waals surface area contributed by atoms with E-state index in [0.717, 1.165) is 78.1 Å². The van der Waals surface area contributed by atoms with Crippen molar-refractivity contribution in [3.8, 4) is 22.6 Å². The molecule has 0 aliphatic rings. The van der Waals surface area contributed by atoms with Crippen LogP contribution in [0.1, 0.15) is 126 Å². The largest absolute Gasteiger partial charge is 0.494 e. The quantitative estimate of drug-likeness (QED) is 0.0428. The summed E-state index contributed by atoms with van der Waals surface area (Å²) in [5.41, 5.74) is 4.23. The van der Waals surface area contributed by atoms with E-state index in [2.05, 4.69) is 41.9 Å². The number of carbonyl (C=O) groups is 4. The molecule has 326 valence electrons. The molecule has 0 aromatic heterocycles. The summed E-state index contributed by atoms with van der Waals surface area (Å²) in [6.07, 6.45) is 12.4. The molecule has 4 N–H and O–H groups in total. The van der Waals surface area contributed by atoms with Gasteiger partial charge in [-0.15, -0.1) is 0 Å². The van der Waals surface area contributed by atoms with Crippen LogP contribution in [0.15, 0.2) is 102 Å². The maximum absolute atomic E-state index is 11.3. The number of halogens is 1. The van der Waals surface area contributed by atoms with Gasteiger partial charge in [-0.25, -0.2) is 0 Å². The van der Waals surface area contributed by atoms with Crippen LogP contribution >= 0.6 is 15.9 Å². The second-order valence-corrected chi connectivity index (χ2v) is 14.1. The van der Waals surface area contributed by atoms with Crippen molar-refractivity contribution in [3.05, 3.63) is 113 Å². The molecule has 10 nitrogen and oxygen atoms in total. The molecule has 0 aliphatic heterocycles. The SMILES string of the molecule is CC(=O)O.CC(=O)O.CC(=O)c1ccc(Br)cc1.CCCCCCCOc1ccc(-c2ccc(C(C)=O)cc2)cc1.CCCCCCCOc1ccc(B(O)O)cc1.[Pd]. The molecule has 0 bridgehead atoms. The van der Waals surface area contributed by atoms with E-state index < -0.39 is 19.1 Å². The molecule has 0 heterocycles. The van der Waals surface area contributed by atoms with Gasteiger partial charge in [0.05, 0.1) is 13.2 Å². The minimum absolute atomic E-state index is 0. The van der Waals surface area contributed by atoms with Crippen LogP contribution in [0.4, 0.5) is 0 Å². The summed E-state index contributed by atoms with van der Waals surface area (Å²) < 4.78 is 12.3. The Bertz CT molecular complexity index is 1680. The molecule has 13 heteroatoms. The van der Waals surface area contributed by atoms with Crippen LogP contribution in [0.25, 0.3) is 11.1 Å². The van der Waals surface area contributed by atoms with Crippen molar-refractivity contribution in [2.45, 2.75) is 106 Å². The summed E-state index contributed by atoms with van der Waals surface area (Å²) in [6.45, 7) is 11.3. The fraction of sp³-hybridized carbons (Fsp3) is 0.391. The molecule has 0 atom stereocenters. The summed E-state index contributed by atoms with van der Waals surface area (Å²) in [5, 5.41) is 32.7. The number of ether oxygens (including phenoxy) is 2. The van der Waals surface area contributed by atoms with E-state index in [1.165, 1.54) is 51.4 Å². The number of ketones is 2. The Kier molecular flexibility index (Phi) is 34.6. The molecule has 0 aliphatic carbocycles. The predicted octanol–water partition coefficient (Wildman–Crippen LogP) is 10.5. The summed E-state index contributed by atoms with van der Waals surface area (Å²) in [6, 6.07) is 30.0. The van der Waals surface area contributed by atoms with Gasteiger partial charge in [0.15, 0.2) is 11.6 Å². The average molecular weight is 972 g/mol. The zero-order chi connectivity index (χ0) is 43.7. The Hall–Kier alpha value is -4.11. The number of benzene rings is 4. The van der Waals surface area contributed by atoms with Gasteiger partial charge >= 0.3 is 7.12 Å². The van der Waals surface area contributed by atoms with Crippen molar-refractivity contribution >= 4 is 52.0 Å². The van der Waals surface area contributed by atoms with Gasteiger partial charge in [0.1, 0.15) is 11.5 Å². The molecule has 0 unspecified atom stereocenters. The monoisotopic (exact) mass is 970 g/mol. The zero-order valence-electron chi connectivity index (χ0n) is 35.2. The van der Waals surface area contributed by atoms with Gasteiger partial charge in [0.2, 0.25) is 0 Å². The Labute approximate surface area is 373 Å². The van der Waals surface area contributed by atoms with E-state index in [-0.39, 0.29) is 32.0 Å². The average Bonchev–Trinajstić information content (AvgIpc) is 3.18. The number of rotatable bonds is 18. The van der Waals surface area contributed by atoms with E-state index in [1.807, 2.05) is 48.5 Å². The summed E-state index contributed by atoms with van der Waals surface area (Å²) in [7, 11) is -1.40. The van der Waals surface area contributed by atoms with Crippen molar-refractivity contribution in [3.63, 3.8) is 0 Å². The van der Waals surface area contributed by atoms with Crippen molar-refractivity contribution in [2.24, 2.45) is 0 Å². The minimum Gasteiger partial charge on any atom is -0.494 e. The molecule has 0 radical (unpaired) electrons. The van der Waals surface area contributed by atoms with E-state index >= 15 is 0 Å².